The van der Waals surface area contributed by atoms with E-state index in [0.29, 0.717) is 0 Å². The molecule has 0 radical (unpaired) electrons. The molecule has 0 spiro atoms. The van der Waals surface area contributed by atoms with Gasteiger partial charge in [0, 0.05) is 0 Å². The smallest absolute Gasteiger partial charge is 0.327 e. The first-order valence-corrected chi connectivity index (χ1v) is 4.81. The van der Waals surface area contributed by atoms with E-state index in [1.54, 1.807) is 0 Å². The van der Waals surface area contributed by atoms with Crippen LogP contribution in [0.2, 0.25) is 0 Å². The van der Waals surface area contributed by atoms with Crippen LogP contribution in [-0.4, -0.2) is 19.9 Å². The standard InChI is InChI=1S/C6H3Cl3N4O2/c7-6(8,9)4-10-1-2(11-4)12-5(15)13-3(1)14/h(H3,10,11,12,13,14,15). The summed E-state index contributed by atoms with van der Waals surface area (Å²) in [4.78, 5) is 32.8. The Morgan fingerprint density at radius 3 is 2.33 bits per heavy atom. The summed E-state index contributed by atoms with van der Waals surface area (Å²) in [7, 11) is 0. The Bertz CT molecular complexity index is 620. The van der Waals surface area contributed by atoms with Crippen molar-refractivity contribution in [2.24, 2.45) is 0 Å². The van der Waals surface area contributed by atoms with Gasteiger partial charge in [-0.15, -0.1) is 0 Å². The minimum atomic E-state index is -1.78. The molecule has 0 aliphatic heterocycles. The number of imidazole rings is 1. The summed E-state index contributed by atoms with van der Waals surface area (Å²) in [6.45, 7) is 0. The molecule has 9 heteroatoms. The van der Waals surface area contributed by atoms with Crippen LogP contribution in [0.25, 0.3) is 11.2 Å². The second-order valence-electron chi connectivity index (χ2n) is 2.72. The highest BCUT2D eigenvalue weighted by Gasteiger charge is 2.27. The highest BCUT2D eigenvalue weighted by atomic mass is 35.6. The highest BCUT2D eigenvalue weighted by molar-refractivity contribution is 6.66. The molecule has 0 aromatic carbocycles. The second-order valence-corrected chi connectivity index (χ2v) is 5.00. The van der Waals surface area contributed by atoms with Crippen LogP contribution in [0.1, 0.15) is 5.82 Å². The van der Waals surface area contributed by atoms with E-state index in [4.69, 9.17) is 34.8 Å². The zero-order chi connectivity index (χ0) is 11.2. The van der Waals surface area contributed by atoms with Crippen LogP contribution < -0.4 is 11.2 Å². The molecule has 0 fully saturated rings. The van der Waals surface area contributed by atoms with Crippen LogP contribution in [0.15, 0.2) is 9.59 Å². The number of aromatic nitrogens is 4. The van der Waals surface area contributed by atoms with Crippen LogP contribution in [0.5, 0.6) is 0 Å². The van der Waals surface area contributed by atoms with Crippen molar-refractivity contribution < 1.29 is 0 Å². The first kappa shape index (κ1) is 10.5. The largest absolute Gasteiger partial charge is 0.332 e. The molecule has 0 atom stereocenters. The van der Waals surface area contributed by atoms with Crippen molar-refractivity contribution in [2.75, 3.05) is 0 Å². The zero-order valence-corrected chi connectivity index (χ0v) is 9.17. The van der Waals surface area contributed by atoms with Gasteiger partial charge in [0.15, 0.2) is 11.5 Å². The Hall–Kier alpha value is -0.980. The van der Waals surface area contributed by atoms with E-state index in [1.165, 1.54) is 0 Å². The van der Waals surface area contributed by atoms with E-state index in [1.807, 2.05) is 4.98 Å². The number of hydrogen-bond acceptors (Lipinski definition) is 3. The fourth-order valence-corrected chi connectivity index (χ4v) is 1.34. The molecular formula is C6H3Cl3N4O2. The van der Waals surface area contributed by atoms with E-state index in [-0.39, 0.29) is 17.0 Å². The molecule has 0 amide bonds. The molecule has 0 saturated carbocycles. The van der Waals surface area contributed by atoms with E-state index in [2.05, 4.69) is 15.0 Å². The Morgan fingerprint density at radius 1 is 1.07 bits per heavy atom. The SMILES string of the molecule is O=c1[nH]c(=O)c2[nH]c(C(Cl)(Cl)Cl)nc2[nH]1. The molecule has 2 rings (SSSR count). The third-order valence-corrected chi connectivity index (χ3v) is 2.20. The number of aromatic amines is 3. The molecule has 15 heavy (non-hydrogen) atoms. The predicted molar refractivity (Wildman–Crippen MR) is 56.6 cm³/mol. The van der Waals surface area contributed by atoms with Crippen molar-refractivity contribution in [2.45, 2.75) is 3.79 Å². The minimum Gasteiger partial charge on any atom is -0.332 e. The Balaban J connectivity index is 2.83. The monoisotopic (exact) mass is 268 g/mol. The quantitative estimate of drug-likeness (QED) is 0.616. The lowest BCUT2D eigenvalue weighted by Crippen LogP contribution is -2.21. The molecule has 0 aliphatic carbocycles. The third-order valence-electron chi connectivity index (χ3n) is 1.66. The molecule has 2 aromatic rings. The zero-order valence-electron chi connectivity index (χ0n) is 6.90. The van der Waals surface area contributed by atoms with Gasteiger partial charge in [-0.05, 0) is 0 Å². The lowest BCUT2D eigenvalue weighted by atomic mass is 10.5. The van der Waals surface area contributed by atoms with E-state index in [0.717, 1.165) is 0 Å². The average molecular weight is 269 g/mol. The molecule has 0 aliphatic rings. The maximum Gasteiger partial charge on any atom is 0.327 e. The first-order chi connectivity index (χ1) is 6.88. The summed E-state index contributed by atoms with van der Waals surface area (Å²) in [6.07, 6.45) is 0. The highest BCUT2D eigenvalue weighted by Crippen LogP contribution is 2.36. The van der Waals surface area contributed by atoms with Gasteiger partial charge in [-0.3, -0.25) is 14.8 Å². The van der Waals surface area contributed by atoms with Crippen LogP contribution in [0.4, 0.5) is 0 Å². The molecule has 2 heterocycles. The summed E-state index contributed by atoms with van der Waals surface area (Å²) in [5.74, 6) is -0.0325. The van der Waals surface area contributed by atoms with Gasteiger partial charge in [0.2, 0.25) is 3.79 Å². The summed E-state index contributed by atoms with van der Waals surface area (Å²) in [5.41, 5.74) is -1.20. The van der Waals surface area contributed by atoms with Gasteiger partial charge in [0.25, 0.3) is 5.56 Å². The average Bonchev–Trinajstić information content (AvgIpc) is 2.46. The number of alkyl halides is 3. The van der Waals surface area contributed by atoms with Crippen molar-refractivity contribution >= 4 is 46.0 Å². The number of H-pyrrole nitrogens is 3. The second kappa shape index (κ2) is 3.26. The predicted octanol–water partition coefficient (Wildman–Crippen LogP) is 0.766. The van der Waals surface area contributed by atoms with Crippen molar-refractivity contribution in [3.05, 3.63) is 26.7 Å². The van der Waals surface area contributed by atoms with Crippen molar-refractivity contribution in [1.29, 1.82) is 0 Å². The van der Waals surface area contributed by atoms with Gasteiger partial charge in [0.1, 0.15) is 5.52 Å². The van der Waals surface area contributed by atoms with Gasteiger partial charge in [-0.1, -0.05) is 34.8 Å². The lowest BCUT2D eigenvalue weighted by molar-refractivity contribution is 1.04. The molecule has 3 N–H and O–H groups in total. The Labute approximate surface area is 96.6 Å². The maximum atomic E-state index is 11.3. The molecule has 6 nitrogen and oxygen atoms in total. The number of nitrogens with one attached hydrogen (secondary N) is 3. The molecular weight excluding hydrogens is 266 g/mol. The van der Waals surface area contributed by atoms with Crippen LogP contribution in [-0.2, 0) is 3.79 Å². The molecule has 2 aromatic heterocycles. The van der Waals surface area contributed by atoms with Crippen LogP contribution in [0, 0.1) is 0 Å². The summed E-state index contributed by atoms with van der Waals surface area (Å²) < 4.78 is -1.78. The number of rotatable bonds is 0. The van der Waals surface area contributed by atoms with E-state index >= 15 is 0 Å². The fraction of sp³-hybridized carbons (Fsp3) is 0.167. The number of halogens is 3. The number of hydrogen-bond donors (Lipinski definition) is 3. The van der Waals surface area contributed by atoms with Crippen LogP contribution in [0.3, 0.4) is 0 Å². The maximum absolute atomic E-state index is 11.3. The Morgan fingerprint density at radius 2 is 1.73 bits per heavy atom. The van der Waals surface area contributed by atoms with E-state index in [9.17, 15) is 9.59 Å². The fourth-order valence-electron chi connectivity index (χ4n) is 1.07. The number of fused-ring (bicyclic) bond motifs is 1. The summed E-state index contributed by atoms with van der Waals surface area (Å²) in [6, 6.07) is 0. The van der Waals surface area contributed by atoms with E-state index < -0.39 is 15.0 Å². The van der Waals surface area contributed by atoms with Crippen molar-refractivity contribution in [1.82, 2.24) is 19.9 Å². The normalized spacial score (nSPS) is 12.2. The molecule has 80 valence electrons. The van der Waals surface area contributed by atoms with Gasteiger partial charge >= 0.3 is 5.69 Å². The van der Waals surface area contributed by atoms with Gasteiger partial charge in [0.05, 0.1) is 0 Å². The first-order valence-electron chi connectivity index (χ1n) is 3.67. The van der Waals surface area contributed by atoms with Gasteiger partial charge in [-0.25, -0.2) is 9.78 Å². The van der Waals surface area contributed by atoms with Gasteiger partial charge < -0.3 is 4.98 Å². The van der Waals surface area contributed by atoms with Crippen molar-refractivity contribution in [3.63, 3.8) is 0 Å². The summed E-state index contributed by atoms with van der Waals surface area (Å²) in [5, 5.41) is 0. The number of nitrogens with zero attached hydrogens (tertiary/aromatic N) is 1. The van der Waals surface area contributed by atoms with Crippen molar-refractivity contribution in [3.8, 4) is 0 Å². The van der Waals surface area contributed by atoms with Gasteiger partial charge in [-0.2, -0.15) is 0 Å². The molecule has 0 bridgehead atoms. The molecule has 0 unspecified atom stereocenters. The lowest BCUT2D eigenvalue weighted by Gasteiger charge is -2.04. The Kier molecular flexibility index (Phi) is 2.29. The third kappa shape index (κ3) is 1.88. The van der Waals surface area contributed by atoms with Crippen LogP contribution >= 0.6 is 34.8 Å². The summed E-state index contributed by atoms with van der Waals surface area (Å²) >= 11 is 16.7. The molecule has 0 saturated heterocycles. The topological polar surface area (TPSA) is 94.4 Å². The minimum absolute atomic E-state index is 0.0325.